The summed E-state index contributed by atoms with van der Waals surface area (Å²) >= 11 is 0. The van der Waals surface area contributed by atoms with Crippen molar-refractivity contribution < 1.29 is 0 Å². The van der Waals surface area contributed by atoms with E-state index in [2.05, 4.69) is 23.2 Å². The van der Waals surface area contributed by atoms with Crippen molar-refractivity contribution in [2.45, 2.75) is 33.2 Å². The topological polar surface area (TPSA) is 68.0 Å². The van der Waals surface area contributed by atoms with Gasteiger partial charge in [0.15, 0.2) is 5.65 Å². The van der Waals surface area contributed by atoms with Crippen LogP contribution in [0, 0.1) is 13.8 Å². The zero-order chi connectivity index (χ0) is 18.3. The number of nitrogens with one attached hydrogen (secondary N) is 1. The van der Waals surface area contributed by atoms with Crippen LogP contribution >= 0.6 is 0 Å². The van der Waals surface area contributed by atoms with Crippen LogP contribution in [0.1, 0.15) is 29.8 Å². The molecule has 1 aromatic carbocycles. The van der Waals surface area contributed by atoms with Crippen molar-refractivity contribution in [1.29, 1.82) is 0 Å². The van der Waals surface area contributed by atoms with Crippen LogP contribution in [0.5, 0.6) is 0 Å². The molecule has 0 aliphatic heterocycles. The van der Waals surface area contributed by atoms with E-state index in [1.54, 1.807) is 12.3 Å². The first-order valence-electron chi connectivity index (χ1n) is 8.69. The van der Waals surface area contributed by atoms with Crippen LogP contribution in [0.3, 0.4) is 0 Å². The normalized spacial score (nSPS) is 12.6. The number of aryl methyl sites for hydroxylation is 2. The summed E-state index contributed by atoms with van der Waals surface area (Å²) < 4.78 is 3.43. The van der Waals surface area contributed by atoms with Crippen LogP contribution < -0.4 is 5.56 Å². The van der Waals surface area contributed by atoms with Gasteiger partial charge in [0.25, 0.3) is 5.56 Å². The number of aromatic nitrogens is 5. The van der Waals surface area contributed by atoms with Crippen LogP contribution in [0.2, 0.25) is 0 Å². The van der Waals surface area contributed by atoms with Crippen molar-refractivity contribution in [3.8, 4) is 11.3 Å². The summed E-state index contributed by atoms with van der Waals surface area (Å²) in [6.45, 7) is 6.82. The lowest BCUT2D eigenvalue weighted by atomic mass is 10.1. The second kappa shape index (κ2) is 6.29. The Kier molecular flexibility index (Phi) is 3.95. The number of hydrogen-bond donors (Lipinski definition) is 1. The van der Waals surface area contributed by atoms with Gasteiger partial charge in [-0.1, -0.05) is 30.7 Å². The summed E-state index contributed by atoms with van der Waals surface area (Å²) in [6, 6.07) is 13.7. The summed E-state index contributed by atoms with van der Waals surface area (Å²) in [7, 11) is 0. The van der Waals surface area contributed by atoms with Crippen molar-refractivity contribution >= 4 is 5.65 Å². The van der Waals surface area contributed by atoms with Gasteiger partial charge in [-0.05, 0) is 31.5 Å². The molecular formula is C20H21N5O. The zero-order valence-corrected chi connectivity index (χ0v) is 15.1. The Balaban J connectivity index is 1.72. The number of hydrogen-bond acceptors (Lipinski definition) is 3. The van der Waals surface area contributed by atoms with E-state index in [4.69, 9.17) is 4.98 Å². The minimum atomic E-state index is -0.104. The minimum absolute atomic E-state index is 0.0867. The summed E-state index contributed by atoms with van der Waals surface area (Å²) in [5, 5.41) is 7.47. The number of nitrogens with zero attached hydrogens (tertiary/aromatic N) is 4. The summed E-state index contributed by atoms with van der Waals surface area (Å²) in [5.41, 5.74) is 5.49. The zero-order valence-electron chi connectivity index (χ0n) is 15.1. The van der Waals surface area contributed by atoms with Crippen LogP contribution in [-0.2, 0) is 6.54 Å². The SMILES string of the molecule is Cc1cccc(-c2cc3nc(C(C)Cn4nccc4C)cc(=O)n3[nH]2)c1. The molecule has 3 heterocycles. The summed E-state index contributed by atoms with van der Waals surface area (Å²) in [5.74, 6) is 0.0867. The van der Waals surface area contributed by atoms with E-state index in [0.717, 1.165) is 22.6 Å². The number of H-pyrrole nitrogens is 1. The molecule has 0 aliphatic rings. The molecule has 26 heavy (non-hydrogen) atoms. The molecule has 0 saturated heterocycles. The fourth-order valence-corrected chi connectivity index (χ4v) is 3.17. The molecule has 4 aromatic rings. The molecular weight excluding hydrogens is 326 g/mol. The molecule has 1 atom stereocenters. The van der Waals surface area contributed by atoms with E-state index in [1.807, 2.05) is 48.9 Å². The Bertz CT molecular complexity index is 1130. The van der Waals surface area contributed by atoms with Crippen LogP contribution in [-0.4, -0.2) is 24.4 Å². The van der Waals surface area contributed by atoms with Gasteiger partial charge in [0.05, 0.1) is 11.4 Å². The molecule has 1 unspecified atom stereocenters. The van der Waals surface area contributed by atoms with Gasteiger partial charge in [-0.2, -0.15) is 5.10 Å². The Labute approximate surface area is 151 Å². The minimum Gasteiger partial charge on any atom is -0.289 e. The van der Waals surface area contributed by atoms with Gasteiger partial charge in [-0.15, -0.1) is 0 Å². The van der Waals surface area contributed by atoms with Crippen LogP contribution in [0.25, 0.3) is 16.9 Å². The van der Waals surface area contributed by atoms with Gasteiger partial charge >= 0.3 is 0 Å². The first-order valence-corrected chi connectivity index (χ1v) is 8.69. The van der Waals surface area contributed by atoms with Gasteiger partial charge < -0.3 is 0 Å². The maximum absolute atomic E-state index is 12.6. The van der Waals surface area contributed by atoms with Crippen LogP contribution in [0.4, 0.5) is 0 Å². The van der Waals surface area contributed by atoms with E-state index in [-0.39, 0.29) is 11.5 Å². The molecule has 132 valence electrons. The van der Waals surface area contributed by atoms with Gasteiger partial charge in [0, 0.05) is 36.5 Å². The Morgan fingerprint density at radius 3 is 2.73 bits per heavy atom. The molecule has 0 radical (unpaired) electrons. The Hall–Kier alpha value is -3.15. The van der Waals surface area contributed by atoms with Crippen molar-refractivity contribution in [3.05, 3.63) is 76.0 Å². The van der Waals surface area contributed by atoms with E-state index in [9.17, 15) is 4.79 Å². The lowest BCUT2D eigenvalue weighted by molar-refractivity contribution is 0.523. The molecule has 3 aromatic heterocycles. The number of fused-ring (bicyclic) bond motifs is 1. The third-order valence-electron chi connectivity index (χ3n) is 4.68. The predicted octanol–water partition coefficient (Wildman–Crippen LogP) is 3.31. The molecule has 4 rings (SSSR count). The fraction of sp³-hybridized carbons (Fsp3) is 0.250. The Morgan fingerprint density at radius 1 is 1.15 bits per heavy atom. The highest BCUT2D eigenvalue weighted by Gasteiger charge is 2.14. The van der Waals surface area contributed by atoms with Crippen molar-refractivity contribution in [3.63, 3.8) is 0 Å². The average Bonchev–Trinajstić information content (AvgIpc) is 3.22. The number of rotatable bonds is 4. The molecule has 1 N–H and O–H groups in total. The van der Waals surface area contributed by atoms with E-state index >= 15 is 0 Å². The molecule has 0 bridgehead atoms. The first-order chi connectivity index (χ1) is 12.5. The second-order valence-corrected chi connectivity index (χ2v) is 6.81. The van der Waals surface area contributed by atoms with Gasteiger partial charge in [-0.25, -0.2) is 9.50 Å². The average molecular weight is 347 g/mol. The molecule has 0 aliphatic carbocycles. The molecule has 0 amide bonds. The quantitative estimate of drug-likeness (QED) is 0.616. The predicted molar refractivity (Wildman–Crippen MR) is 101 cm³/mol. The van der Waals surface area contributed by atoms with Crippen molar-refractivity contribution in [1.82, 2.24) is 24.4 Å². The summed E-state index contributed by atoms with van der Waals surface area (Å²) in [4.78, 5) is 17.3. The highest BCUT2D eigenvalue weighted by molar-refractivity contribution is 5.64. The third-order valence-corrected chi connectivity index (χ3v) is 4.68. The van der Waals surface area contributed by atoms with Gasteiger partial charge in [-0.3, -0.25) is 14.6 Å². The largest absolute Gasteiger partial charge is 0.289 e. The molecule has 0 saturated carbocycles. The van der Waals surface area contributed by atoms with Gasteiger partial charge in [0.2, 0.25) is 0 Å². The maximum atomic E-state index is 12.6. The smallest absolute Gasteiger partial charge is 0.272 e. The van der Waals surface area contributed by atoms with Crippen molar-refractivity contribution in [2.75, 3.05) is 0 Å². The van der Waals surface area contributed by atoms with Crippen LogP contribution in [0.15, 0.2) is 53.5 Å². The third kappa shape index (κ3) is 2.94. The lowest BCUT2D eigenvalue weighted by Crippen LogP contribution is -2.18. The highest BCUT2D eigenvalue weighted by Crippen LogP contribution is 2.21. The van der Waals surface area contributed by atoms with E-state index in [1.165, 1.54) is 10.1 Å². The number of aromatic amines is 1. The van der Waals surface area contributed by atoms with E-state index < -0.39 is 0 Å². The number of benzene rings is 1. The molecule has 6 nitrogen and oxygen atoms in total. The van der Waals surface area contributed by atoms with Crippen molar-refractivity contribution in [2.24, 2.45) is 0 Å². The highest BCUT2D eigenvalue weighted by atomic mass is 16.1. The molecule has 6 heteroatoms. The maximum Gasteiger partial charge on any atom is 0.272 e. The van der Waals surface area contributed by atoms with E-state index in [0.29, 0.717) is 12.2 Å². The molecule has 0 fully saturated rings. The monoisotopic (exact) mass is 347 g/mol. The lowest BCUT2D eigenvalue weighted by Gasteiger charge is -2.12. The van der Waals surface area contributed by atoms with Gasteiger partial charge in [0.1, 0.15) is 0 Å². The standard InChI is InChI=1S/C20H21N5O/c1-13-5-4-6-16(9-13)18-10-19-22-17(11-20(26)25(19)23-18)14(2)12-24-15(3)7-8-21-24/h4-11,14,23H,12H2,1-3H3. The summed E-state index contributed by atoms with van der Waals surface area (Å²) in [6.07, 6.45) is 1.79. The Morgan fingerprint density at radius 2 is 2.00 bits per heavy atom. The molecule has 0 spiro atoms. The fourth-order valence-electron chi connectivity index (χ4n) is 3.17. The second-order valence-electron chi connectivity index (χ2n) is 6.81. The first kappa shape index (κ1) is 16.3.